The van der Waals surface area contributed by atoms with Gasteiger partial charge in [0.1, 0.15) is 0 Å². The number of rotatable bonds is 7. The zero-order valence-corrected chi connectivity index (χ0v) is 9.54. The number of carbonyl (C=O) groups excluding carboxylic acids is 1. The summed E-state index contributed by atoms with van der Waals surface area (Å²) in [6, 6.07) is 0.350. The number of amides is 1. The molecular weight excluding hydrogens is 184 g/mol. The van der Waals surface area contributed by atoms with E-state index in [2.05, 4.69) is 17.6 Å². The molecule has 4 heteroatoms. The van der Waals surface area contributed by atoms with Crippen molar-refractivity contribution in [3.05, 3.63) is 0 Å². The Morgan fingerprint density at radius 3 is 2.77 bits per heavy atom. The molecule has 0 spiro atoms. The van der Waals surface area contributed by atoms with Gasteiger partial charge in [0.25, 0.3) is 0 Å². The summed E-state index contributed by atoms with van der Waals surface area (Å²) in [6.07, 6.45) is 0.634. The number of likely N-dealkylation sites (N-methyl/N-ethyl adjacent to an activating group) is 1. The van der Waals surface area contributed by atoms with Gasteiger partial charge in [-0.25, -0.2) is 0 Å². The van der Waals surface area contributed by atoms with Crippen LogP contribution in [0, 0.1) is 0 Å². The normalized spacial score (nSPS) is 12.5. The summed E-state index contributed by atoms with van der Waals surface area (Å²) in [5, 5.41) is 5.95. The van der Waals surface area contributed by atoms with E-state index in [1.54, 1.807) is 11.8 Å². The zero-order valence-electron chi connectivity index (χ0n) is 8.72. The van der Waals surface area contributed by atoms with Crippen LogP contribution < -0.4 is 10.6 Å². The van der Waals surface area contributed by atoms with Crippen molar-refractivity contribution >= 4 is 17.7 Å². The molecule has 78 valence electrons. The van der Waals surface area contributed by atoms with Crippen LogP contribution in [0.2, 0.25) is 0 Å². The maximum Gasteiger partial charge on any atom is 0.220 e. The van der Waals surface area contributed by atoms with Crippen molar-refractivity contribution in [1.29, 1.82) is 0 Å². The number of thioether (sulfide) groups is 1. The molecule has 0 heterocycles. The predicted molar refractivity (Wildman–Crippen MR) is 59.1 cm³/mol. The molecule has 0 saturated carbocycles. The predicted octanol–water partition coefficient (Wildman–Crippen LogP) is 0.854. The SMILES string of the molecule is CCSCCC(=O)NCC(C)NC. The van der Waals surface area contributed by atoms with Gasteiger partial charge in [-0.05, 0) is 19.7 Å². The minimum Gasteiger partial charge on any atom is -0.355 e. The molecule has 13 heavy (non-hydrogen) atoms. The highest BCUT2D eigenvalue weighted by atomic mass is 32.2. The summed E-state index contributed by atoms with van der Waals surface area (Å²) in [5.74, 6) is 2.17. The van der Waals surface area contributed by atoms with Crippen LogP contribution in [0.3, 0.4) is 0 Å². The van der Waals surface area contributed by atoms with E-state index >= 15 is 0 Å². The first kappa shape index (κ1) is 12.8. The first-order valence-corrected chi connectivity index (χ1v) is 5.87. The molecule has 0 aromatic carbocycles. The maximum absolute atomic E-state index is 11.2. The van der Waals surface area contributed by atoms with Crippen molar-refractivity contribution < 1.29 is 4.79 Å². The third-order valence-electron chi connectivity index (χ3n) is 1.78. The standard InChI is InChI=1S/C9H20N2OS/c1-4-13-6-5-9(12)11-7-8(2)10-3/h8,10H,4-7H2,1-3H3,(H,11,12). The summed E-state index contributed by atoms with van der Waals surface area (Å²) in [7, 11) is 1.89. The second-order valence-corrected chi connectivity index (χ2v) is 4.33. The third kappa shape index (κ3) is 8.12. The van der Waals surface area contributed by atoms with E-state index in [0.29, 0.717) is 19.0 Å². The number of carbonyl (C=O) groups is 1. The van der Waals surface area contributed by atoms with Gasteiger partial charge in [0, 0.05) is 24.8 Å². The highest BCUT2D eigenvalue weighted by Gasteiger charge is 2.02. The quantitative estimate of drug-likeness (QED) is 0.604. The molecular formula is C9H20N2OS. The van der Waals surface area contributed by atoms with Crippen LogP contribution in [0.1, 0.15) is 20.3 Å². The van der Waals surface area contributed by atoms with Gasteiger partial charge in [-0.15, -0.1) is 0 Å². The fourth-order valence-electron chi connectivity index (χ4n) is 0.767. The third-order valence-corrected chi connectivity index (χ3v) is 2.68. The summed E-state index contributed by atoms with van der Waals surface area (Å²) in [6.45, 7) is 4.86. The highest BCUT2D eigenvalue weighted by molar-refractivity contribution is 7.99. The smallest absolute Gasteiger partial charge is 0.220 e. The summed E-state index contributed by atoms with van der Waals surface area (Å²) < 4.78 is 0. The first-order chi connectivity index (χ1) is 6.20. The van der Waals surface area contributed by atoms with E-state index in [-0.39, 0.29) is 5.91 Å². The van der Waals surface area contributed by atoms with Crippen molar-refractivity contribution in [2.45, 2.75) is 26.3 Å². The maximum atomic E-state index is 11.2. The molecule has 0 fully saturated rings. The summed E-state index contributed by atoms with van der Waals surface area (Å²) in [5.41, 5.74) is 0. The Kier molecular flexibility index (Phi) is 8.24. The van der Waals surface area contributed by atoms with Crippen molar-refractivity contribution in [2.75, 3.05) is 25.1 Å². The average Bonchev–Trinajstić information content (AvgIpc) is 2.14. The molecule has 0 aromatic rings. The van der Waals surface area contributed by atoms with Crippen molar-refractivity contribution in [3.8, 4) is 0 Å². The Balaban J connectivity index is 3.30. The van der Waals surface area contributed by atoms with Gasteiger partial charge in [-0.2, -0.15) is 11.8 Å². The van der Waals surface area contributed by atoms with Crippen molar-refractivity contribution in [3.63, 3.8) is 0 Å². The van der Waals surface area contributed by atoms with E-state index in [1.165, 1.54) is 0 Å². The molecule has 0 saturated heterocycles. The lowest BCUT2D eigenvalue weighted by Gasteiger charge is -2.10. The van der Waals surface area contributed by atoms with Gasteiger partial charge >= 0.3 is 0 Å². The van der Waals surface area contributed by atoms with Gasteiger partial charge < -0.3 is 10.6 Å². The van der Waals surface area contributed by atoms with Crippen LogP contribution in [0.15, 0.2) is 0 Å². The van der Waals surface area contributed by atoms with E-state index < -0.39 is 0 Å². The Hall–Kier alpha value is -0.220. The van der Waals surface area contributed by atoms with Gasteiger partial charge in [0.15, 0.2) is 0 Å². The van der Waals surface area contributed by atoms with E-state index in [0.717, 1.165) is 11.5 Å². The van der Waals surface area contributed by atoms with E-state index in [9.17, 15) is 4.79 Å². The second kappa shape index (κ2) is 8.38. The Labute approximate surface area is 85.0 Å². The molecule has 1 amide bonds. The van der Waals surface area contributed by atoms with E-state index in [4.69, 9.17) is 0 Å². The molecule has 0 bridgehead atoms. The topological polar surface area (TPSA) is 41.1 Å². The molecule has 3 nitrogen and oxygen atoms in total. The molecule has 1 unspecified atom stereocenters. The lowest BCUT2D eigenvalue weighted by molar-refractivity contribution is -0.120. The summed E-state index contributed by atoms with van der Waals surface area (Å²) in [4.78, 5) is 11.2. The molecule has 0 aliphatic carbocycles. The van der Waals surface area contributed by atoms with Crippen LogP contribution in [-0.4, -0.2) is 37.0 Å². The fourth-order valence-corrected chi connectivity index (χ4v) is 1.38. The van der Waals surface area contributed by atoms with Gasteiger partial charge in [-0.3, -0.25) is 4.79 Å². The molecule has 0 radical (unpaired) electrons. The second-order valence-electron chi connectivity index (χ2n) is 2.94. The van der Waals surface area contributed by atoms with Crippen LogP contribution in [0.4, 0.5) is 0 Å². The largest absolute Gasteiger partial charge is 0.355 e. The van der Waals surface area contributed by atoms with Crippen LogP contribution >= 0.6 is 11.8 Å². The van der Waals surface area contributed by atoms with Gasteiger partial charge in [0.2, 0.25) is 5.91 Å². The molecule has 1 atom stereocenters. The van der Waals surface area contributed by atoms with Crippen molar-refractivity contribution in [2.24, 2.45) is 0 Å². The fraction of sp³-hybridized carbons (Fsp3) is 0.889. The Morgan fingerprint density at radius 1 is 1.54 bits per heavy atom. The minimum absolute atomic E-state index is 0.156. The first-order valence-electron chi connectivity index (χ1n) is 4.72. The number of nitrogens with one attached hydrogen (secondary N) is 2. The molecule has 0 rings (SSSR count). The average molecular weight is 204 g/mol. The van der Waals surface area contributed by atoms with E-state index in [1.807, 2.05) is 14.0 Å². The molecule has 0 aromatic heterocycles. The van der Waals surface area contributed by atoms with Crippen LogP contribution in [0.5, 0.6) is 0 Å². The lowest BCUT2D eigenvalue weighted by atomic mass is 10.3. The minimum atomic E-state index is 0.156. The van der Waals surface area contributed by atoms with Gasteiger partial charge in [-0.1, -0.05) is 6.92 Å². The molecule has 0 aliphatic heterocycles. The Morgan fingerprint density at radius 2 is 2.23 bits per heavy atom. The zero-order chi connectivity index (χ0) is 10.1. The monoisotopic (exact) mass is 204 g/mol. The number of hydrogen-bond acceptors (Lipinski definition) is 3. The highest BCUT2D eigenvalue weighted by Crippen LogP contribution is 2.00. The van der Waals surface area contributed by atoms with Gasteiger partial charge in [0.05, 0.1) is 0 Å². The molecule has 2 N–H and O–H groups in total. The summed E-state index contributed by atoms with van der Waals surface area (Å²) >= 11 is 1.80. The van der Waals surface area contributed by atoms with Crippen molar-refractivity contribution in [1.82, 2.24) is 10.6 Å². The lowest BCUT2D eigenvalue weighted by Crippen LogP contribution is -2.37. The van der Waals surface area contributed by atoms with Crippen LogP contribution in [0.25, 0.3) is 0 Å². The number of hydrogen-bond donors (Lipinski definition) is 2. The Bertz CT molecular complexity index is 142. The molecule has 0 aliphatic rings. The van der Waals surface area contributed by atoms with Crippen LogP contribution in [-0.2, 0) is 4.79 Å².